The quantitative estimate of drug-likeness (QED) is 0.858. The van der Waals surface area contributed by atoms with E-state index in [-0.39, 0.29) is 5.92 Å². The van der Waals surface area contributed by atoms with Gasteiger partial charge >= 0.3 is 5.97 Å². The summed E-state index contributed by atoms with van der Waals surface area (Å²) in [5.41, 5.74) is 2.46. The van der Waals surface area contributed by atoms with Crippen molar-refractivity contribution in [2.75, 3.05) is 5.32 Å². The fourth-order valence-electron chi connectivity index (χ4n) is 2.73. The third kappa shape index (κ3) is 3.03. The Labute approximate surface area is 108 Å². The Bertz CT molecular complexity index is 417. The number of carboxylic acid groups (broad SMARTS) is 1. The van der Waals surface area contributed by atoms with Crippen LogP contribution in [-0.2, 0) is 11.2 Å². The molecule has 1 aliphatic rings. The number of para-hydroxylation sites is 1. The largest absolute Gasteiger partial charge is 0.481 e. The van der Waals surface area contributed by atoms with Gasteiger partial charge in [-0.05, 0) is 37.3 Å². The summed E-state index contributed by atoms with van der Waals surface area (Å²) in [5, 5.41) is 12.6. The van der Waals surface area contributed by atoms with Crippen LogP contribution in [0.25, 0.3) is 0 Å². The van der Waals surface area contributed by atoms with Crippen LogP contribution in [0.2, 0.25) is 0 Å². The minimum atomic E-state index is -0.648. The zero-order chi connectivity index (χ0) is 13.0. The van der Waals surface area contributed by atoms with E-state index in [2.05, 4.69) is 24.4 Å². The minimum Gasteiger partial charge on any atom is -0.481 e. The Morgan fingerprint density at radius 1 is 1.39 bits per heavy atom. The lowest BCUT2D eigenvalue weighted by Crippen LogP contribution is -2.31. The lowest BCUT2D eigenvalue weighted by molar-refractivity contribution is -0.142. The van der Waals surface area contributed by atoms with E-state index in [9.17, 15) is 4.79 Å². The van der Waals surface area contributed by atoms with E-state index in [1.165, 1.54) is 5.56 Å². The van der Waals surface area contributed by atoms with Gasteiger partial charge in [-0.1, -0.05) is 31.5 Å². The van der Waals surface area contributed by atoms with Gasteiger partial charge in [0, 0.05) is 11.7 Å². The van der Waals surface area contributed by atoms with Crippen LogP contribution in [0, 0.1) is 5.92 Å². The first-order chi connectivity index (χ1) is 8.70. The van der Waals surface area contributed by atoms with E-state index in [0.717, 1.165) is 37.8 Å². The molecular weight excluding hydrogens is 226 g/mol. The van der Waals surface area contributed by atoms with Gasteiger partial charge in [-0.2, -0.15) is 0 Å². The molecule has 0 heterocycles. The van der Waals surface area contributed by atoms with Crippen molar-refractivity contribution in [3.05, 3.63) is 29.8 Å². The first kappa shape index (κ1) is 12.9. The second-order valence-electron chi connectivity index (χ2n) is 5.05. The first-order valence-electron chi connectivity index (χ1n) is 6.78. The van der Waals surface area contributed by atoms with Gasteiger partial charge in [-0.25, -0.2) is 0 Å². The van der Waals surface area contributed by atoms with Crippen LogP contribution in [0.3, 0.4) is 0 Å². The predicted octanol–water partition coefficient (Wildman–Crippen LogP) is 3.30. The van der Waals surface area contributed by atoms with Crippen molar-refractivity contribution in [1.82, 2.24) is 0 Å². The second-order valence-corrected chi connectivity index (χ2v) is 5.05. The van der Waals surface area contributed by atoms with E-state index in [0.29, 0.717) is 6.04 Å². The molecule has 0 spiro atoms. The molecule has 98 valence electrons. The molecule has 0 saturated heterocycles. The van der Waals surface area contributed by atoms with E-state index >= 15 is 0 Å². The molecule has 1 aromatic carbocycles. The third-order valence-corrected chi connectivity index (χ3v) is 3.78. The van der Waals surface area contributed by atoms with Crippen LogP contribution < -0.4 is 5.32 Å². The smallest absolute Gasteiger partial charge is 0.306 e. The lowest BCUT2D eigenvalue weighted by atomic mass is 9.85. The van der Waals surface area contributed by atoms with Gasteiger partial charge in [0.15, 0.2) is 0 Å². The normalized spacial score (nSPS) is 23.6. The molecule has 1 saturated carbocycles. The maximum Gasteiger partial charge on any atom is 0.306 e. The molecular formula is C15H21NO2. The zero-order valence-electron chi connectivity index (χ0n) is 10.9. The molecule has 0 bridgehead atoms. The number of aliphatic carboxylic acids is 1. The van der Waals surface area contributed by atoms with Crippen LogP contribution >= 0.6 is 0 Å². The molecule has 1 aliphatic carbocycles. The highest BCUT2D eigenvalue weighted by molar-refractivity contribution is 5.70. The van der Waals surface area contributed by atoms with Gasteiger partial charge in [0.05, 0.1) is 5.92 Å². The molecule has 2 unspecified atom stereocenters. The molecule has 2 rings (SSSR count). The molecule has 0 radical (unpaired) electrons. The summed E-state index contributed by atoms with van der Waals surface area (Å²) >= 11 is 0. The minimum absolute atomic E-state index is 0.176. The number of carbonyl (C=O) groups is 1. The third-order valence-electron chi connectivity index (χ3n) is 3.78. The van der Waals surface area contributed by atoms with Crippen molar-refractivity contribution in [3.63, 3.8) is 0 Å². The number of anilines is 1. The summed E-state index contributed by atoms with van der Waals surface area (Å²) in [7, 11) is 0. The van der Waals surface area contributed by atoms with Crippen LogP contribution in [0.5, 0.6) is 0 Å². The molecule has 0 amide bonds. The molecule has 0 aromatic heterocycles. The van der Waals surface area contributed by atoms with E-state index < -0.39 is 5.97 Å². The van der Waals surface area contributed by atoms with Crippen molar-refractivity contribution < 1.29 is 9.90 Å². The number of nitrogens with one attached hydrogen (secondary N) is 1. The fraction of sp³-hybridized carbons (Fsp3) is 0.533. The van der Waals surface area contributed by atoms with Crippen molar-refractivity contribution in [1.29, 1.82) is 0 Å². The Morgan fingerprint density at radius 3 is 2.89 bits per heavy atom. The highest BCUT2D eigenvalue weighted by Gasteiger charge is 2.26. The van der Waals surface area contributed by atoms with E-state index in [1.807, 2.05) is 12.1 Å². The van der Waals surface area contributed by atoms with Gasteiger partial charge in [0.25, 0.3) is 0 Å². The average Bonchev–Trinajstić information content (AvgIpc) is 2.39. The topological polar surface area (TPSA) is 49.3 Å². The summed E-state index contributed by atoms with van der Waals surface area (Å²) < 4.78 is 0. The van der Waals surface area contributed by atoms with Crippen LogP contribution in [0.1, 0.15) is 38.2 Å². The molecule has 3 heteroatoms. The summed E-state index contributed by atoms with van der Waals surface area (Å²) in [4.78, 5) is 11.0. The molecule has 2 N–H and O–H groups in total. The summed E-state index contributed by atoms with van der Waals surface area (Å²) in [6.45, 7) is 2.14. The Morgan fingerprint density at radius 2 is 2.17 bits per heavy atom. The number of rotatable bonds is 4. The van der Waals surface area contributed by atoms with Gasteiger partial charge in [-0.3, -0.25) is 4.79 Å². The number of hydrogen-bond donors (Lipinski definition) is 2. The van der Waals surface area contributed by atoms with Crippen molar-refractivity contribution >= 4 is 11.7 Å². The van der Waals surface area contributed by atoms with Gasteiger partial charge in [0.2, 0.25) is 0 Å². The van der Waals surface area contributed by atoms with Crippen molar-refractivity contribution in [2.45, 2.75) is 45.1 Å². The first-order valence-corrected chi connectivity index (χ1v) is 6.78. The van der Waals surface area contributed by atoms with Gasteiger partial charge in [-0.15, -0.1) is 0 Å². The van der Waals surface area contributed by atoms with Crippen LogP contribution in [0.15, 0.2) is 24.3 Å². The van der Waals surface area contributed by atoms with E-state index in [1.54, 1.807) is 0 Å². The highest BCUT2D eigenvalue weighted by Crippen LogP contribution is 2.28. The van der Waals surface area contributed by atoms with Gasteiger partial charge < -0.3 is 10.4 Å². The zero-order valence-corrected chi connectivity index (χ0v) is 10.9. The average molecular weight is 247 g/mol. The molecule has 0 aliphatic heterocycles. The highest BCUT2D eigenvalue weighted by atomic mass is 16.4. The molecule has 1 fully saturated rings. The predicted molar refractivity (Wildman–Crippen MR) is 72.8 cm³/mol. The molecule has 18 heavy (non-hydrogen) atoms. The standard InChI is InChI=1S/C15H21NO2/c1-2-11-6-3-4-9-14(11)16-13-8-5-7-12(10-13)15(17)18/h3-4,6,9,12-13,16H,2,5,7-8,10H2,1H3,(H,17,18). The maximum absolute atomic E-state index is 11.0. The van der Waals surface area contributed by atoms with Crippen molar-refractivity contribution in [3.8, 4) is 0 Å². The van der Waals surface area contributed by atoms with Crippen LogP contribution in [0.4, 0.5) is 5.69 Å². The van der Waals surface area contributed by atoms with Gasteiger partial charge in [0.1, 0.15) is 0 Å². The second kappa shape index (κ2) is 5.89. The Kier molecular flexibility index (Phi) is 4.24. The molecule has 3 nitrogen and oxygen atoms in total. The fourth-order valence-corrected chi connectivity index (χ4v) is 2.73. The summed E-state index contributed by atoms with van der Waals surface area (Å²) in [6, 6.07) is 8.58. The Balaban J connectivity index is 2.02. The lowest BCUT2D eigenvalue weighted by Gasteiger charge is -2.28. The molecule has 2 atom stereocenters. The SMILES string of the molecule is CCc1ccccc1NC1CCCC(C(=O)O)C1. The number of benzene rings is 1. The summed E-state index contributed by atoms with van der Waals surface area (Å²) in [5.74, 6) is -0.824. The Hall–Kier alpha value is -1.51. The monoisotopic (exact) mass is 247 g/mol. The number of hydrogen-bond acceptors (Lipinski definition) is 2. The number of carboxylic acids is 1. The maximum atomic E-state index is 11.0. The van der Waals surface area contributed by atoms with Crippen molar-refractivity contribution in [2.24, 2.45) is 5.92 Å². The summed E-state index contributed by atoms with van der Waals surface area (Å²) in [6.07, 6.45) is 4.64. The van der Waals surface area contributed by atoms with Crippen LogP contribution in [-0.4, -0.2) is 17.1 Å². The van der Waals surface area contributed by atoms with E-state index in [4.69, 9.17) is 5.11 Å². The number of aryl methyl sites for hydroxylation is 1. The molecule has 1 aromatic rings.